The summed E-state index contributed by atoms with van der Waals surface area (Å²) in [5.74, 6) is 0.393. The average molecular weight is 372 g/mol. The summed E-state index contributed by atoms with van der Waals surface area (Å²) in [6.45, 7) is 6.58. The minimum atomic E-state index is -0.459. The van der Waals surface area contributed by atoms with E-state index in [0.717, 1.165) is 45.0 Å². The molecule has 0 radical (unpaired) electrons. The summed E-state index contributed by atoms with van der Waals surface area (Å²) in [6.07, 6.45) is 2.26. The molecule has 1 aromatic heterocycles. The van der Waals surface area contributed by atoms with Crippen LogP contribution in [0.25, 0.3) is 0 Å². The van der Waals surface area contributed by atoms with Crippen molar-refractivity contribution in [3.63, 3.8) is 0 Å². The van der Waals surface area contributed by atoms with Gasteiger partial charge < -0.3 is 15.4 Å². The lowest BCUT2D eigenvalue weighted by Crippen LogP contribution is -2.39. The fourth-order valence-electron chi connectivity index (χ4n) is 2.89. The molecule has 0 amide bonds. The first-order valence-electron chi connectivity index (χ1n) is 9.06. The molecule has 0 unspecified atom stereocenters. The number of anilines is 3. The molecular weight excluding hydrogens is 348 g/mol. The molecule has 144 valence electrons. The summed E-state index contributed by atoms with van der Waals surface area (Å²) in [6, 6.07) is 7.74. The van der Waals surface area contributed by atoms with Crippen molar-refractivity contribution in [1.82, 2.24) is 14.9 Å². The van der Waals surface area contributed by atoms with Crippen molar-refractivity contribution in [3.8, 4) is 0 Å². The first kappa shape index (κ1) is 19.0. The number of aromatic nitrogens is 2. The smallest absolute Gasteiger partial charge is 0.353 e. The van der Waals surface area contributed by atoms with Gasteiger partial charge in [0.2, 0.25) is 11.6 Å². The Morgan fingerprint density at radius 2 is 1.89 bits per heavy atom. The van der Waals surface area contributed by atoms with E-state index in [1.54, 1.807) is 0 Å². The third-order valence-corrected chi connectivity index (χ3v) is 4.45. The molecule has 0 aliphatic carbocycles. The Labute approximate surface area is 157 Å². The maximum Gasteiger partial charge on any atom is 0.353 e. The van der Waals surface area contributed by atoms with Gasteiger partial charge in [-0.3, -0.25) is 15.0 Å². The molecule has 2 heterocycles. The minimum absolute atomic E-state index is 0.154. The van der Waals surface area contributed by atoms with Crippen LogP contribution in [0, 0.1) is 10.1 Å². The van der Waals surface area contributed by atoms with Crippen LogP contribution in [0.2, 0.25) is 0 Å². The van der Waals surface area contributed by atoms with Gasteiger partial charge in [-0.25, -0.2) is 9.97 Å². The molecule has 9 heteroatoms. The second-order valence-electron chi connectivity index (χ2n) is 6.23. The molecule has 2 N–H and O–H groups in total. The molecule has 1 aliphatic heterocycles. The molecule has 27 heavy (non-hydrogen) atoms. The zero-order valence-electron chi connectivity index (χ0n) is 15.4. The van der Waals surface area contributed by atoms with E-state index in [-0.39, 0.29) is 17.3 Å². The van der Waals surface area contributed by atoms with Crippen molar-refractivity contribution in [2.45, 2.75) is 13.3 Å². The Hall–Kier alpha value is -2.78. The van der Waals surface area contributed by atoms with Gasteiger partial charge in [0.15, 0.2) is 0 Å². The maximum absolute atomic E-state index is 11.6. The van der Waals surface area contributed by atoms with Crippen LogP contribution in [-0.4, -0.2) is 59.2 Å². The SMILES string of the molecule is CCc1ccc(Nc2ncnc(NCCN3CCOCC3)c2[N+](=O)[O-])cc1. The number of hydrogen-bond acceptors (Lipinski definition) is 8. The molecule has 1 aromatic carbocycles. The Bertz CT molecular complexity index is 762. The second-order valence-corrected chi connectivity index (χ2v) is 6.23. The van der Waals surface area contributed by atoms with Crippen molar-refractivity contribution in [2.24, 2.45) is 0 Å². The van der Waals surface area contributed by atoms with Crippen molar-refractivity contribution in [1.29, 1.82) is 0 Å². The number of rotatable bonds is 8. The lowest BCUT2D eigenvalue weighted by molar-refractivity contribution is -0.383. The zero-order chi connectivity index (χ0) is 19.1. The summed E-state index contributed by atoms with van der Waals surface area (Å²) >= 11 is 0. The topological polar surface area (TPSA) is 105 Å². The van der Waals surface area contributed by atoms with Crippen LogP contribution in [0.5, 0.6) is 0 Å². The van der Waals surface area contributed by atoms with Gasteiger partial charge in [-0.05, 0) is 24.1 Å². The molecule has 1 aliphatic rings. The fourth-order valence-corrected chi connectivity index (χ4v) is 2.89. The Balaban J connectivity index is 1.70. The van der Waals surface area contributed by atoms with Crippen LogP contribution < -0.4 is 10.6 Å². The summed E-state index contributed by atoms with van der Waals surface area (Å²) in [5.41, 5.74) is 1.79. The van der Waals surface area contributed by atoms with Crippen LogP contribution in [-0.2, 0) is 11.2 Å². The Morgan fingerprint density at radius 3 is 2.56 bits per heavy atom. The van der Waals surface area contributed by atoms with E-state index in [4.69, 9.17) is 4.74 Å². The van der Waals surface area contributed by atoms with Gasteiger partial charge in [0.25, 0.3) is 0 Å². The molecule has 0 spiro atoms. The highest BCUT2D eigenvalue weighted by molar-refractivity contribution is 5.73. The summed E-state index contributed by atoms with van der Waals surface area (Å²) in [4.78, 5) is 21.5. The summed E-state index contributed by atoms with van der Waals surface area (Å²) in [5, 5.41) is 17.7. The van der Waals surface area contributed by atoms with Gasteiger partial charge in [0, 0.05) is 31.9 Å². The van der Waals surface area contributed by atoms with E-state index in [0.29, 0.717) is 6.54 Å². The molecule has 0 atom stereocenters. The lowest BCUT2D eigenvalue weighted by atomic mass is 10.1. The van der Waals surface area contributed by atoms with Crippen LogP contribution in [0.4, 0.5) is 23.0 Å². The standard InChI is InChI=1S/C18H24N6O3/c1-2-14-3-5-15(6-4-14)22-18-16(24(25)26)17(20-13-21-18)19-7-8-23-9-11-27-12-10-23/h3-6,13H,2,7-12H2,1H3,(H2,19,20,21,22). The molecule has 0 saturated carbocycles. The number of nitrogens with one attached hydrogen (secondary N) is 2. The van der Waals surface area contributed by atoms with Crippen LogP contribution in [0.1, 0.15) is 12.5 Å². The quantitative estimate of drug-likeness (QED) is 0.538. The van der Waals surface area contributed by atoms with E-state index in [2.05, 4.69) is 32.4 Å². The third-order valence-electron chi connectivity index (χ3n) is 4.45. The van der Waals surface area contributed by atoms with Crippen LogP contribution in [0.15, 0.2) is 30.6 Å². The summed E-state index contributed by atoms with van der Waals surface area (Å²) in [7, 11) is 0. The molecule has 1 fully saturated rings. The number of morpholine rings is 1. The normalized spacial score (nSPS) is 14.7. The van der Waals surface area contributed by atoms with Crippen molar-refractivity contribution < 1.29 is 9.66 Å². The number of ether oxygens (including phenoxy) is 1. The monoisotopic (exact) mass is 372 g/mol. The highest BCUT2D eigenvalue weighted by atomic mass is 16.6. The lowest BCUT2D eigenvalue weighted by Gasteiger charge is -2.26. The average Bonchev–Trinajstić information content (AvgIpc) is 2.69. The van der Waals surface area contributed by atoms with Gasteiger partial charge in [0.1, 0.15) is 6.33 Å². The molecule has 3 rings (SSSR count). The number of nitro groups is 1. The Kier molecular flexibility index (Phi) is 6.50. The molecular formula is C18H24N6O3. The van der Waals surface area contributed by atoms with Gasteiger partial charge >= 0.3 is 5.69 Å². The second kappa shape index (κ2) is 9.24. The van der Waals surface area contributed by atoms with E-state index in [1.165, 1.54) is 11.9 Å². The van der Waals surface area contributed by atoms with E-state index < -0.39 is 4.92 Å². The van der Waals surface area contributed by atoms with E-state index >= 15 is 0 Å². The zero-order valence-corrected chi connectivity index (χ0v) is 15.4. The summed E-state index contributed by atoms with van der Waals surface area (Å²) < 4.78 is 5.32. The first-order valence-corrected chi connectivity index (χ1v) is 9.06. The van der Waals surface area contributed by atoms with Gasteiger partial charge in [-0.1, -0.05) is 19.1 Å². The van der Waals surface area contributed by atoms with Crippen molar-refractivity contribution >= 4 is 23.0 Å². The largest absolute Gasteiger partial charge is 0.379 e. The van der Waals surface area contributed by atoms with E-state index in [1.807, 2.05) is 24.3 Å². The minimum Gasteiger partial charge on any atom is -0.379 e. The predicted octanol–water partition coefficient (Wildman–Crippen LogP) is 2.43. The fraction of sp³-hybridized carbons (Fsp3) is 0.444. The molecule has 9 nitrogen and oxygen atoms in total. The number of benzene rings is 1. The number of aryl methyl sites for hydroxylation is 1. The highest BCUT2D eigenvalue weighted by Crippen LogP contribution is 2.31. The van der Waals surface area contributed by atoms with Crippen molar-refractivity contribution in [3.05, 3.63) is 46.3 Å². The van der Waals surface area contributed by atoms with Gasteiger partial charge in [0.05, 0.1) is 18.1 Å². The van der Waals surface area contributed by atoms with Crippen molar-refractivity contribution in [2.75, 3.05) is 50.0 Å². The Morgan fingerprint density at radius 1 is 1.19 bits per heavy atom. The maximum atomic E-state index is 11.6. The van der Waals surface area contributed by atoms with Crippen LogP contribution in [0.3, 0.4) is 0 Å². The molecule has 0 bridgehead atoms. The van der Waals surface area contributed by atoms with Gasteiger partial charge in [-0.15, -0.1) is 0 Å². The number of hydrogen-bond donors (Lipinski definition) is 2. The van der Waals surface area contributed by atoms with Gasteiger partial charge in [-0.2, -0.15) is 0 Å². The number of nitrogens with zero attached hydrogens (tertiary/aromatic N) is 4. The first-order chi connectivity index (χ1) is 13.2. The van der Waals surface area contributed by atoms with Crippen LogP contribution >= 0.6 is 0 Å². The molecule has 2 aromatic rings. The molecule has 1 saturated heterocycles. The van der Waals surface area contributed by atoms with E-state index in [9.17, 15) is 10.1 Å². The predicted molar refractivity (Wildman–Crippen MR) is 104 cm³/mol. The third kappa shape index (κ3) is 5.11. The highest BCUT2D eigenvalue weighted by Gasteiger charge is 2.23.